The van der Waals surface area contributed by atoms with Gasteiger partial charge in [-0.05, 0) is 42.1 Å². The van der Waals surface area contributed by atoms with E-state index in [1.807, 2.05) is 0 Å². The maximum absolute atomic E-state index is 3.52. The van der Waals surface area contributed by atoms with Crippen molar-refractivity contribution in [3.8, 4) is 0 Å². The second kappa shape index (κ2) is 3.81. The van der Waals surface area contributed by atoms with Crippen LogP contribution in [0.1, 0.15) is 24.0 Å². The fourth-order valence-corrected chi connectivity index (χ4v) is 2.28. The van der Waals surface area contributed by atoms with E-state index in [1.165, 1.54) is 15.6 Å². The number of nitrogens with one attached hydrogen (secondary N) is 1. The van der Waals surface area contributed by atoms with Crippen LogP contribution in [0.2, 0.25) is 0 Å². The Morgan fingerprint density at radius 1 is 1.46 bits per heavy atom. The molecule has 13 heavy (non-hydrogen) atoms. The number of rotatable bonds is 0. The van der Waals surface area contributed by atoms with Gasteiger partial charge in [-0.1, -0.05) is 28.9 Å². The van der Waals surface area contributed by atoms with Crippen LogP contribution in [0.3, 0.4) is 0 Å². The summed E-state index contributed by atoms with van der Waals surface area (Å²) < 4.78 is 1.19. The minimum Gasteiger partial charge on any atom is -0.316 e. The first-order valence-corrected chi connectivity index (χ1v) is 5.55. The average Bonchev–Trinajstić information content (AvgIpc) is 2.29. The van der Waals surface area contributed by atoms with Gasteiger partial charge in [0.25, 0.3) is 0 Å². The summed E-state index contributed by atoms with van der Waals surface area (Å²) in [6, 6.07) is 6.63. The van der Waals surface area contributed by atoms with Crippen molar-refractivity contribution < 1.29 is 0 Å². The van der Waals surface area contributed by atoms with E-state index in [1.54, 1.807) is 0 Å². The molecule has 0 saturated heterocycles. The lowest BCUT2D eigenvalue weighted by Gasteiger charge is -2.12. The zero-order valence-electron chi connectivity index (χ0n) is 7.81. The molecule has 0 amide bonds. The molecule has 1 aliphatic heterocycles. The molecular weight excluding hydrogens is 226 g/mol. The van der Waals surface area contributed by atoms with E-state index in [4.69, 9.17) is 0 Å². The predicted molar refractivity (Wildman–Crippen MR) is 59.1 cm³/mol. The van der Waals surface area contributed by atoms with Gasteiger partial charge in [0, 0.05) is 11.0 Å². The fourth-order valence-electron chi connectivity index (χ4n) is 1.90. The molecule has 1 aliphatic rings. The molecule has 0 aromatic heterocycles. The van der Waals surface area contributed by atoms with E-state index in [2.05, 4.69) is 46.4 Å². The van der Waals surface area contributed by atoms with Gasteiger partial charge in [0.2, 0.25) is 0 Å². The molecule has 0 saturated carbocycles. The molecule has 2 rings (SSSR count). The van der Waals surface area contributed by atoms with Crippen molar-refractivity contribution in [2.24, 2.45) is 0 Å². The summed E-state index contributed by atoms with van der Waals surface area (Å²) in [5.41, 5.74) is 3.00. The summed E-state index contributed by atoms with van der Waals surface area (Å²) in [4.78, 5) is 0. The summed E-state index contributed by atoms with van der Waals surface area (Å²) in [5, 5.41) is 3.45. The fraction of sp³-hybridized carbons (Fsp3) is 0.455. The lowest BCUT2D eigenvalue weighted by atomic mass is 9.96. The number of fused-ring (bicyclic) bond motifs is 1. The molecule has 0 bridgehead atoms. The number of hydrogen-bond acceptors (Lipinski definition) is 1. The normalized spacial score (nSPS) is 22.2. The van der Waals surface area contributed by atoms with Crippen LogP contribution in [0.25, 0.3) is 0 Å². The second-order valence-corrected chi connectivity index (χ2v) is 4.61. The summed E-state index contributed by atoms with van der Waals surface area (Å²) >= 11 is 3.52. The highest BCUT2D eigenvalue weighted by Crippen LogP contribution is 2.25. The topological polar surface area (TPSA) is 12.0 Å². The Labute approximate surface area is 87.7 Å². The van der Waals surface area contributed by atoms with Gasteiger partial charge in [-0.3, -0.25) is 0 Å². The molecule has 0 aliphatic carbocycles. The number of halogens is 1. The standard InChI is InChI=1S/C11H14BrN/c1-8-7-13-5-4-9-2-3-10(12)6-11(8)9/h2-3,6,8,13H,4-5,7H2,1H3/t8-/m0/s1. The third-order valence-electron chi connectivity index (χ3n) is 2.66. The van der Waals surface area contributed by atoms with Crippen LogP contribution >= 0.6 is 15.9 Å². The van der Waals surface area contributed by atoms with Crippen LogP contribution in [0.5, 0.6) is 0 Å². The molecule has 0 unspecified atom stereocenters. The molecule has 1 N–H and O–H groups in total. The van der Waals surface area contributed by atoms with Crippen molar-refractivity contribution in [1.29, 1.82) is 0 Å². The molecule has 0 fully saturated rings. The van der Waals surface area contributed by atoms with Crippen molar-refractivity contribution in [3.05, 3.63) is 33.8 Å². The lowest BCUT2D eigenvalue weighted by molar-refractivity contribution is 0.644. The SMILES string of the molecule is C[C@H]1CNCCc2ccc(Br)cc21. The van der Waals surface area contributed by atoms with Crippen molar-refractivity contribution in [2.75, 3.05) is 13.1 Å². The van der Waals surface area contributed by atoms with Gasteiger partial charge in [0.1, 0.15) is 0 Å². The third-order valence-corrected chi connectivity index (χ3v) is 3.15. The van der Waals surface area contributed by atoms with Gasteiger partial charge in [-0.2, -0.15) is 0 Å². The highest BCUT2D eigenvalue weighted by atomic mass is 79.9. The Morgan fingerprint density at radius 2 is 2.31 bits per heavy atom. The Balaban J connectivity index is 2.43. The second-order valence-electron chi connectivity index (χ2n) is 3.70. The van der Waals surface area contributed by atoms with Crippen LogP contribution < -0.4 is 5.32 Å². The van der Waals surface area contributed by atoms with Gasteiger partial charge in [-0.15, -0.1) is 0 Å². The molecule has 1 nitrogen and oxygen atoms in total. The maximum atomic E-state index is 3.52. The lowest BCUT2D eigenvalue weighted by Crippen LogP contribution is -2.18. The summed E-state index contributed by atoms with van der Waals surface area (Å²) in [6.07, 6.45) is 1.16. The van der Waals surface area contributed by atoms with Crippen molar-refractivity contribution in [2.45, 2.75) is 19.3 Å². The summed E-state index contributed by atoms with van der Waals surface area (Å²) in [6.45, 7) is 4.49. The van der Waals surface area contributed by atoms with Crippen LogP contribution in [-0.2, 0) is 6.42 Å². The molecule has 0 spiro atoms. The monoisotopic (exact) mass is 239 g/mol. The van der Waals surface area contributed by atoms with E-state index in [0.29, 0.717) is 5.92 Å². The molecular formula is C11H14BrN. The Morgan fingerprint density at radius 3 is 3.15 bits per heavy atom. The minimum atomic E-state index is 0.634. The predicted octanol–water partition coefficient (Wildman–Crippen LogP) is 2.70. The zero-order chi connectivity index (χ0) is 9.26. The molecule has 0 radical (unpaired) electrons. The average molecular weight is 240 g/mol. The largest absolute Gasteiger partial charge is 0.316 e. The molecule has 1 aromatic rings. The van der Waals surface area contributed by atoms with Crippen molar-refractivity contribution >= 4 is 15.9 Å². The molecule has 1 heterocycles. The maximum Gasteiger partial charge on any atom is 0.0178 e. The first-order valence-electron chi connectivity index (χ1n) is 4.76. The first kappa shape index (κ1) is 9.22. The van der Waals surface area contributed by atoms with Crippen LogP contribution in [-0.4, -0.2) is 13.1 Å². The highest BCUT2D eigenvalue weighted by Gasteiger charge is 2.13. The molecule has 1 aromatic carbocycles. The van der Waals surface area contributed by atoms with Gasteiger partial charge >= 0.3 is 0 Å². The van der Waals surface area contributed by atoms with Crippen LogP contribution in [0.15, 0.2) is 22.7 Å². The zero-order valence-corrected chi connectivity index (χ0v) is 9.39. The quantitative estimate of drug-likeness (QED) is 0.735. The number of benzene rings is 1. The van der Waals surface area contributed by atoms with Crippen molar-refractivity contribution in [3.63, 3.8) is 0 Å². The van der Waals surface area contributed by atoms with Crippen LogP contribution in [0.4, 0.5) is 0 Å². The van der Waals surface area contributed by atoms with E-state index in [9.17, 15) is 0 Å². The van der Waals surface area contributed by atoms with Gasteiger partial charge in [0.15, 0.2) is 0 Å². The van der Waals surface area contributed by atoms with Gasteiger partial charge in [-0.25, -0.2) is 0 Å². The Bertz CT molecular complexity index is 309. The molecule has 1 atom stereocenters. The molecule has 70 valence electrons. The minimum absolute atomic E-state index is 0.634. The number of hydrogen-bond donors (Lipinski definition) is 1. The highest BCUT2D eigenvalue weighted by molar-refractivity contribution is 9.10. The van der Waals surface area contributed by atoms with E-state index in [0.717, 1.165) is 19.5 Å². The van der Waals surface area contributed by atoms with Crippen molar-refractivity contribution in [1.82, 2.24) is 5.32 Å². The third kappa shape index (κ3) is 1.94. The smallest absolute Gasteiger partial charge is 0.0178 e. The van der Waals surface area contributed by atoms with Gasteiger partial charge < -0.3 is 5.32 Å². The van der Waals surface area contributed by atoms with E-state index in [-0.39, 0.29) is 0 Å². The van der Waals surface area contributed by atoms with E-state index < -0.39 is 0 Å². The molecule has 2 heteroatoms. The Kier molecular flexibility index (Phi) is 2.70. The van der Waals surface area contributed by atoms with Crippen LogP contribution in [0, 0.1) is 0 Å². The summed E-state index contributed by atoms with van der Waals surface area (Å²) in [5.74, 6) is 0.634. The first-order chi connectivity index (χ1) is 6.27. The van der Waals surface area contributed by atoms with E-state index >= 15 is 0 Å². The Hall–Kier alpha value is -0.340. The summed E-state index contributed by atoms with van der Waals surface area (Å²) in [7, 11) is 0. The van der Waals surface area contributed by atoms with Gasteiger partial charge in [0.05, 0.1) is 0 Å².